The van der Waals surface area contributed by atoms with E-state index in [1.807, 2.05) is 6.92 Å². The van der Waals surface area contributed by atoms with Crippen LogP contribution in [-0.2, 0) is 14.3 Å². The summed E-state index contributed by atoms with van der Waals surface area (Å²) < 4.78 is 5.33. The van der Waals surface area contributed by atoms with Gasteiger partial charge in [0.1, 0.15) is 5.54 Å². The van der Waals surface area contributed by atoms with Gasteiger partial charge in [-0.3, -0.25) is 4.79 Å². The number of hydrogen-bond acceptors (Lipinski definition) is 3. The van der Waals surface area contributed by atoms with Crippen molar-refractivity contribution in [1.29, 1.82) is 0 Å². The molecule has 2 rings (SSSR count). The topological polar surface area (TPSA) is 66.8 Å². The Morgan fingerprint density at radius 3 is 2.78 bits per heavy atom. The highest BCUT2D eigenvalue weighted by Gasteiger charge is 2.49. The van der Waals surface area contributed by atoms with Crippen molar-refractivity contribution in [3.8, 4) is 0 Å². The summed E-state index contributed by atoms with van der Waals surface area (Å²) in [5, 5.41) is 9.46. The minimum atomic E-state index is -0.978. The summed E-state index contributed by atoms with van der Waals surface area (Å²) in [6, 6.07) is 0. The van der Waals surface area contributed by atoms with Crippen molar-refractivity contribution >= 4 is 11.9 Å². The van der Waals surface area contributed by atoms with Gasteiger partial charge in [0, 0.05) is 13.2 Å². The fourth-order valence-corrected chi connectivity index (χ4v) is 3.10. The molecule has 0 aromatic carbocycles. The zero-order valence-electron chi connectivity index (χ0n) is 10.9. The van der Waals surface area contributed by atoms with E-state index >= 15 is 0 Å². The van der Waals surface area contributed by atoms with Crippen LogP contribution in [0.5, 0.6) is 0 Å². The maximum atomic E-state index is 12.5. The number of nitrogens with zero attached hydrogens (tertiary/aromatic N) is 1. The molecule has 2 heterocycles. The summed E-state index contributed by atoms with van der Waals surface area (Å²) in [5.74, 6) is -1.05. The largest absolute Gasteiger partial charge is 0.479 e. The molecule has 5 nitrogen and oxygen atoms in total. The van der Waals surface area contributed by atoms with Gasteiger partial charge in [-0.25, -0.2) is 4.79 Å². The number of carbonyl (C=O) groups is 2. The molecular weight excluding hydrogens is 234 g/mol. The van der Waals surface area contributed by atoms with Crippen molar-refractivity contribution in [2.24, 2.45) is 5.92 Å². The first-order valence-electron chi connectivity index (χ1n) is 6.74. The molecule has 1 amide bonds. The molecule has 2 aliphatic rings. The number of amides is 1. The monoisotopic (exact) mass is 255 g/mol. The number of carbonyl (C=O) groups excluding carboxylic acids is 1. The molecular formula is C13H21NO4. The van der Waals surface area contributed by atoms with Crippen molar-refractivity contribution in [2.45, 2.75) is 44.6 Å². The Morgan fingerprint density at radius 2 is 2.22 bits per heavy atom. The van der Waals surface area contributed by atoms with Crippen LogP contribution >= 0.6 is 0 Å². The Bertz CT molecular complexity index is 338. The molecule has 102 valence electrons. The molecule has 0 saturated carbocycles. The lowest BCUT2D eigenvalue weighted by atomic mass is 9.91. The minimum absolute atomic E-state index is 0.0311. The van der Waals surface area contributed by atoms with E-state index in [1.165, 1.54) is 0 Å². The molecule has 0 aromatic heterocycles. The lowest BCUT2D eigenvalue weighted by molar-refractivity contribution is -0.160. The number of rotatable bonds is 3. The number of carboxylic acids is 1. The average Bonchev–Trinajstić information content (AvgIpc) is 2.84. The molecule has 2 saturated heterocycles. The summed E-state index contributed by atoms with van der Waals surface area (Å²) in [4.78, 5) is 25.6. The Labute approximate surface area is 107 Å². The Kier molecular flexibility index (Phi) is 3.90. The maximum Gasteiger partial charge on any atom is 0.329 e. The van der Waals surface area contributed by atoms with E-state index in [0.717, 1.165) is 19.3 Å². The van der Waals surface area contributed by atoms with Crippen molar-refractivity contribution in [3.63, 3.8) is 0 Å². The molecule has 18 heavy (non-hydrogen) atoms. The van der Waals surface area contributed by atoms with E-state index in [1.54, 1.807) is 4.90 Å². The number of ether oxygens (including phenoxy) is 1. The van der Waals surface area contributed by atoms with Crippen molar-refractivity contribution in [2.75, 3.05) is 19.8 Å². The smallest absolute Gasteiger partial charge is 0.329 e. The Hall–Kier alpha value is -1.10. The van der Waals surface area contributed by atoms with Gasteiger partial charge in [0.15, 0.2) is 0 Å². The lowest BCUT2D eigenvalue weighted by Crippen LogP contribution is -2.55. The van der Waals surface area contributed by atoms with Crippen molar-refractivity contribution < 1.29 is 19.4 Å². The standard InChI is InChI=1S/C13H21NO4/c1-2-13(12(16)17)6-4-7-14(13)11(15)10-5-3-8-18-9-10/h10H,2-9H2,1H3,(H,16,17). The fraction of sp³-hybridized carbons (Fsp3) is 0.846. The van der Waals surface area contributed by atoms with E-state index in [4.69, 9.17) is 4.74 Å². The van der Waals surface area contributed by atoms with Gasteiger partial charge in [0.05, 0.1) is 12.5 Å². The van der Waals surface area contributed by atoms with Crippen LogP contribution in [0.1, 0.15) is 39.0 Å². The summed E-state index contributed by atoms with van der Waals surface area (Å²) in [7, 11) is 0. The van der Waals surface area contributed by atoms with E-state index in [9.17, 15) is 14.7 Å². The van der Waals surface area contributed by atoms with E-state index in [2.05, 4.69) is 0 Å². The predicted octanol–water partition coefficient (Wildman–Crippen LogP) is 1.27. The van der Waals surface area contributed by atoms with Crippen LogP contribution in [0.3, 0.4) is 0 Å². The molecule has 0 spiro atoms. The second-order valence-corrected chi connectivity index (χ2v) is 5.20. The van der Waals surface area contributed by atoms with Gasteiger partial charge in [-0.1, -0.05) is 6.92 Å². The van der Waals surface area contributed by atoms with Gasteiger partial charge in [0.25, 0.3) is 0 Å². The van der Waals surface area contributed by atoms with Crippen LogP contribution < -0.4 is 0 Å². The number of hydrogen-bond donors (Lipinski definition) is 1. The molecule has 2 fully saturated rings. The highest BCUT2D eigenvalue weighted by molar-refractivity contribution is 5.89. The van der Waals surface area contributed by atoms with Crippen LogP contribution in [0.25, 0.3) is 0 Å². The quantitative estimate of drug-likeness (QED) is 0.824. The van der Waals surface area contributed by atoms with E-state index in [0.29, 0.717) is 32.6 Å². The van der Waals surface area contributed by atoms with Crippen LogP contribution in [-0.4, -0.2) is 47.2 Å². The van der Waals surface area contributed by atoms with Gasteiger partial charge >= 0.3 is 5.97 Å². The molecule has 2 aliphatic heterocycles. The first-order chi connectivity index (χ1) is 8.62. The highest BCUT2D eigenvalue weighted by atomic mass is 16.5. The Morgan fingerprint density at radius 1 is 1.44 bits per heavy atom. The van der Waals surface area contributed by atoms with E-state index < -0.39 is 11.5 Å². The maximum absolute atomic E-state index is 12.5. The predicted molar refractivity (Wildman–Crippen MR) is 65.1 cm³/mol. The number of carboxylic acid groups (broad SMARTS) is 1. The van der Waals surface area contributed by atoms with Crippen LogP contribution in [0.4, 0.5) is 0 Å². The van der Waals surface area contributed by atoms with Gasteiger partial charge in [0.2, 0.25) is 5.91 Å². The van der Waals surface area contributed by atoms with Gasteiger partial charge in [-0.05, 0) is 32.1 Å². The lowest BCUT2D eigenvalue weighted by Gasteiger charge is -2.37. The molecule has 2 unspecified atom stereocenters. The first-order valence-corrected chi connectivity index (χ1v) is 6.74. The second-order valence-electron chi connectivity index (χ2n) is 5.20. The number of likely N-dealkylation sites (tertiary alicyclic amines) is 1. The van der Waals surface area contributed by atoms with Gasteiger partial charge < -0.3 is 14.7 Å². The molecule has 5 heteroatoms. The van der Waals surface area contributed by atoms with E-state index in [-0.39, 0.29) is 11.8 Å². The summed E-state index contributed by atoms with van der Waals surface area (Å²) in [5.41, 5.74) is -0.978. The second kappa shape index (κ2) is 5.26. The molecule has 0 radical (unpaired) electrons. The highest BCUT2D eigenvalue weighted by Crippen LogP contribution is 2.35. The molecule has 0 bridgehead atoms. The zero-order chi connectivity index (χ0) is 13.2. The van der Waals surface area contributed by atoms with Crippen LogP contribution in [0, 0.1) is 5.92 Å². The summed E-state index contributed by atoms with van der Waals surface area (Å²) >= 11 is 0. The summed E-state index contributed by atoms with van der Waals surface area (Å²) in [6.07, 6.45) is 3.52. The van der Waals surface area contributed by atoms with Crippen molar-refractivity contribution in [3.05, 3.63) is 0 Å². The average molecular weight is 255 g/mol. The first kappa shape index (κ1) is 13.3. The third-order valence-electron chi connectivity index (χ3n) is 4.25. The summed E-state index contributed by atoms with van der Waals surface area (Å²) in [6.45, 7) is 3.56. The van der Waals surface area contributed by atoms with Gasteiger partial charge in [-0.2, -0.15) is 0 Å². The van der Waals surface area contributed by atoms with Crippen LogP contribution in [0.2, 0.25) is 0 Å². The van der Waals surface area contributed by atoms with Gasteiger partial charge in [-0.15, -0.1) is 0 Å². The third kappa shape index (κ3) is 2.11. The van der Waals surface area contributed by atoms with Crippen molar-refractivity contribution in [1.82, 2.24) is 4.90 Å². The minimum Gasteiger partial charge on any atom is -0.479 e. The number of aliphatic carboxylic acids is 1. The molecule has 2 atom stereocenters. The zero-order valence-corrected chi connectivity index (χ0v) is 10.9. The third-order valence-corrected chi connectivity index (χ3v) is 4.25. The normalized spacial score (nSPS) is 32.5. The molecule has 0 aromatic rings. The Balaban J connectivity index is 2.15. The molecule has 0 aliphatic carbocycles. The molecule has 1 N–H and O–H groups in total. The van der Waals surface area contributed by atoms with Crippen LogP contribution in [0.15, 0.2) is 0 Å². The SMILES string of the molecule is CCC1(C(=O)O)CCCN1C(=O)C1CCCOC1. The fourth-order valence-electron chi connectivity index (χ4n) is 3.10.